The lowest BCUT2D eigenvalue weighted by atomic mass is 10.1. The SMILES string of the molecule is Nc1nc(COC(=O)c2ccc(N3CCCC3)c([N+](=O)[O-])c2)nc(Nc2ccccc2)n1. The van der Waals surface area contributed by atoms with Crippen LogP contribution in [0.3, 0.4) is 0 Å². The van der Waals surface area contributed by atoms with Crippen LogP contribution in [0.2, 0.25) is 0 Å². The van der Waals surface area contributed by atoms with E-state index in [1.165, 1.54) is 12.1 Å². The van der Waals surface area contributed by atoms with Gasteiger partial charge >= 0.3 is 5.97 Å². The predicted molar refractivity (Wildman–Crippen MR) is 118 cm³/mol. The van der Waals surface area contributed by atoms with E-state index >= 15 is 0 Å². The molecule has 3 N–H and O–H groups in total. The molecule has 4 rings (SSSR count). The van der Waals surface area contributed by atoms with Crippen molar-refractivity contribution >= 4 is 34.9 Å². The van der Waals surface area contributed by atoms with E-state index in [1.807, 2.05) is 35.2 Å². The van der Waals surface area contributed by atoms with E-state index in [-0.39, 0.29) is 35.6 Å². The molecule has 0 spiro atoms. The fraction of sp³-hybridized carbons (Fsp3) is 0.238. The van der Waals surface area contributed by atoms with Crippen LogP contribution in [0.5, 0.6) is 0 Å². The number of hydrogen-bond acceptors (Lipinski definition) is 10. The molecule has 164 valence electrons. The van der Waals surface area contributed by atoms with Crippen LogP contribution < -0.4 is 16.0 Å². The molecule has 1 aliphatic rings. The lowest BCUT2D eigenvalue weighted by molar-refractivity contribution is -0.384. The second-order valence-electron chi connectivity index (χ2n) is 7.16. The summed E-state index contributed by atoms with van der Waals surface area (Å²) in [5.74, 6) is -0.402. The number of benzene rings is 2. The highest BCUT2D eigenvalue weighted by atomic mass is 16.6. The van der Waals surface area contributed by atoms with E-state index in [9.17, 15) is 14.9 Å². The van der Waals surface area contributed by atoms with Gasteiger partial charge in [0.1, 0.15) is 5.69 Å². The van der Waals surface area contributed by atoms with Crippen LogP contribution in [0.4, 0.5) is 29.0 Å². The molecule has 0 saturated carbocycles. The largest absolute Gasteiger partial charge is 0.454 e. The zero-order valence-corrected chi connectivity index (χ0v) is 17.1. The number of aromatic nitrogens is 3. The Labute approximate surface area is 183 Å². The first-order chi connectivity index (χ1) is 15.5. The fourth-order valence-electron chi connectivity index (χ4n) is 3.44. The van der Waals surface area contributed by atoms with Gasteiger partial charge < -0.3 is 20.7 Å². The minimum Gasteiger partial charge on any atom is -0.454 e. The maximum atomic E-state index is 12.5. The Balaban J connectivity index is 1.46. The number of nitrogens with zero attached hydrogens (tertiary/aromatic N) is 5. The van der Waals surface area contributed by atoms with Crippen LogP contribution in [0.1, 0.15) is 29.0 Å². The zero-order valence-electron chi connectivity index (χ0n) is 17.1. The maximum absolute atomic E-state index is 12.5. The van der Waals surface area contributed by atoms with Crippen LogP contribution >= 0.6 is 0 Å². The average molecular weight is 435 g/mol. The number of ether oxygens (including phenoxy) is 1. The molecule has 1 aromatic heterocycles. The highest BCUT2D eigenvalue weighted by molar-refractivity contribution is 5.91. The van der Waals surface area contributed by atoms with Crippen LogP contribution in [0.25, 0.3) is 0 Å². The second-order valence-corrected chi connectivity index (χ2v) is 7.16. The summed E-state index contributed by atoms with van der Waals surface area (Å²) in [7, 11) is 0. The van der Waals surface area contributed by atoms with Gasteiger partial charge in [-0.05, 0) is 37.1 Å². The van der Waals surface area contributed by atoms with Crippen LogP contribution in [-0.4, -0.2) is 38.9 Å². The van der Waals surface area contributed by atoms with Crippen molar-refractivity contribution in [3.8, 4) is 0 Å². The number of para-hydroxylation sites is 1. The van der Waals surface area contributed by atoms with Gasteiger partial charge in [0, 0.05) is 24.8 Å². The van der Waals surface area contributed by atoms with Gasteiger partial charge in [-0.25, -0.2) is 4.79 Å². The first-order valence-corrected chi connectivity index (χ1v) is 10.0. The number of anilines is 4. The molecule has 0 unspecified atom stereocenters. The minimum atomic E-state index is -0.724. The quantitative estimate of drug-likeness (QED) is 0.322. The fourth-order valence-corrected chi connectivity index (χ4v) is 3.44. The second kappa shape index (κ2) is 9.25. The Morgan fingerprint density at radius 2 is 1.88 bits per heavy atom. The summed E-state index contributed by atoms with van der Waals surface area (Å²) in [6.07, 6.45) is 1.97. The molecule has 3 aromatic rings. The summed E-state index contributed by atoms with van der Waals surface area (Å²) in [5.41, 5.74) is 6.95. The van der Waals surface area contributed by atoms with E-state index in [1.54, 1.807) is 6.07 Å². The number of carbonyl (C=O) groups is 1. The maximum Gasteiger partial charge on any atom is 0.338 e. The van der Waals surface area contributed by atoms with Crippen molar-refractivity contribution in [2.45, 2.75) is 19.4 Å². The Morgan fingerprint density at radius 3 is 2.59 bits per heavy atom. The molecule has 0 amide bonds. The number of nitrogen functional groups attached to an aromatic ring is 1. The lowest BCUT2D eigenvalue weighted by Gasteiger charge is -2.17. The van der Waals surface area contributed by atoms with Crippen LogP contribution in [0, 0.1) is 10.1 Å². The number of nitro groups is 1. The standard InChI is InChI=1S/C21H21N7O4/c22-20-24-18(25-21(26-20)23-15-6-2-1-3-7-15)13-32-19(29)14-8-9-16(17(12-14)28(30)31)27-10-4-5-11-27/h1-3,6-9,12H,4-5,10-11,13H2,(H3,22,23,24,25,26). The van der Waals surface area contributed by atoms with E-state index in [4.69, 9.17) is 10.5 Å². The number of hydrogen-bond donors (Lipinski definition) is 2. The third-order valence-electron chi connectivity index (χ3n) is 4.92. The Kier molecular flexibility index (Phi) is 6.06. The summed E-state index contributed by atoms with van der Waals surface area (Å²) in [6.45, 7) is 1.24. The number of carbonyl (C=O) groups excluding carboxylic acids is 1. The monoisotopic (exact) mass is 435 g/mol. The molecule has 2 aromatic carbocycles. The van der Waals surface area contributed by atoms with Gasteiger partial charge in [0.05, 0.1) is 10.5 Å². The zero-order chi connectivity index (χ0) is 22.5. The highest BCUT2D eigenvalue weighted by Crippen LogP contribution is 2.32. The molecule has 11 nitrogen and oxygen atoms in total. The summed E-state index contributed by atoms with van der Waals surface area (Å²) in [6, 6.07) is 13.6. The summed E-state index contributed by atoms with van der Waals surface area (Å²) in [4.78, 5) is 37.7. The lowest BCUT2D eigenvalue weighted by Crippen LogP contribution is -2.19. The highest BCUT2D eigenvalue weighted by Gasteiger charge is 2.24. The van der Waals surface area contributed by atoms with Crippen molar-refractivity contribution in [3.63, 3.8) is 0 Å². The van der Waals surface area contributed by atoms with E-state index < -0.39 is 10.9 Å². The van der Waals surface area contributed by atoms with Crippen LogP contribution in [0.15, 0.2) is 48.5 Å². The Morgan fingerprint density at radius 1 is 1.12 bits per heavy atom. The topological polar surface area (TPSA) is 149 Å². The van der Waals surface area contributed by atoms with Gasteiger partial charge in [0.25, 0.3) is 5.69 Å². The van der Waals surface area contributed by atoms with Crippen molar-refractivity contribution in [2.75, 3.05) is 29.0 Å². The van der Waals surface area contributed by atoms with Gasteiger partial charge in [-0.15, -0.1) is 0 Å². The average Bonchev–Trinajstić information content (AvgIpc) is 3.32. The van der Waals surface area contributed by atoms with Crippen molar-refractivity contribution in [1.29, 1.82) is 0 Å². The number of nitrogens with one attached hydrogen (secondary N) is 1. The van der Waals surface area contributed by atoms with Crippen molar-refractivity contribution in [3.05, 3.63) is 70.0 Å². The van der Waals surface area contributed by atoms with Crippen molar-refractivity contribution in [2.24, 2.45) is 0 Å². The molecule has 1 fully saturated rings. The Hall–Kier alpha value is -4.28. The number of nitrogens with two attached hydrogens (primary N) is 1. The minimum absolute atomic E-state index is 0.0323. The molecule has 1 aliphatic heterocycles. The third kappa shape index (κ3) is 4.89. The predicted octanol–water partition coefficient (Wildman–Crippen LogP) is 3.06. The van der Waals surface area contributed by atoms with E-state index in [0.29, 0.717) is 5.69 Å². The molecular formula is C21H21N7O4. The Bertz CT molecular complexity index is 1130. The number of nitro benzene ring substituents is 1. The van der Waals surface area contributed by atoms with Gasteiger partial charge in [-0.2, -0.15) is 15.0 Å². The van der Waals surface area contributed by atoms with Crippen LogP contribution in [-0.2, 0) is 11.3 Å². The summed E-state index contributed by atoms with van der Waals surface area (Å²) >= 11 is 0. The normalized spacial score (nSPS) is 13.1. The van der Waals surface area contributed by atoms with Gasteiger partial charge in [-0.1, -0.05) is 18.2 Å². The first-order valence-electron chi connectivity index (χ1n) is 10.0. The summed E-state index contributed by atoms with van der Waals surface area (Å²) in [5, 5.41) is 14.5. The molecule has 11 heteroatoms. The summed E-state index contributed by atoms with van der Waals surface area (Å²) < 4.78 is 5.26. The molecule has 32 heavy (non-hydrogen) atoms. The third-order valence-corrected chi connectivity index (χ3v) is 4.92. The van der Waals surface area contributed by atoms with Crippen molar-refractivity contribution in [1.82, 2.24) is 15.0 Å². The smallest absolute Gasteiger partial charge is 0.338 e. The van der Waals surface area contributed by atoms with E-state index in [0.717, 1.165) is 31.6 Å². The number of rotatable bonds is 7. The molecule has 0 radical (unpaired) electrons. The molecule has 2 heterocycles. The van der Waals surface area contributed by atoms with E-state index in [2.05, 4.69) is 20.3 Å². The molecule has 0 aliphatic carbocycles. The number of esters is 1. The molecule has 0 atom stereocenters. The van der Waals surface area contributed by atoms with Gasteiger partial charge in [0.2, 0.25) is 11.9 Å². The molecule has 0 bridgehead atoms. The van der Waals surface area contributed by atoms with Crippen molar-refractivity contribution < 1.29 is 14.5 Å². The molecular weight excluding hydrogens is 414 g/mol. The van der Waals surface area contributed by atoms with Gasteiger partial charge in [0.15, 0.2) is 12.4 Å². The van der Waals surface area contributed by atoms with Gasteiger partial charge in [-0.3, -0.25) is 10.1 Å². The molecule has 1 saturated heterocycles. The first kappa shape index (κ1) is 21.0.